The van der Waals surface area contributed by atoms with Crippen LogP contribution in [0.3, 0.4) is 0 Å². The Labute approximate surface area is 142 Å². The van der Waals surface area contributed by atoms with Gasteiger partial charge in [-0.25, -0.2) is 5.43 Å². The monoisotopic (exact) mass is 348 g/mol. The number of hydrogen-bond donors (Lipinski definition) is 1. The van der Waals surface area contributed by atoms with Crippen LogP contribution in [0.15, 0.2) is 47.6 Å². The summed E-state index contributed by atoms with van der Waals surface area (Å²) in [7, 11) is 0. The number of amides is 1. The van der Waals surface area contributed by atoms with E-state index in [1.54, 1.807) is 37.3 Å². The largest absolute Gasteiger partial charge is 0.454 e. The highest BCUT2D eigenvalue weighted by Crippen LogP contribution is 2.32. The number of alkyl halides is 2. The summed E-state index contributed by atoms with van der Waals surface area (Å²) in [6, 6.07) is 10.8. The van der Waals surface area contributed by atoms with Gasteiger partial charge in [-0.2, -0.15) is 13.9 Å². The fourth-order valence-electron chi connectivity index (χ4n) is 2.18. The molecule has 0 bridgehead atoms. The topological polar surface area (TPSA) is 69.2 Å². The van der Waals surface area contributed by atoms with E-state index in [0.29, 0.717) is 28.3 Å². The van der Waals surface area contributed by atoms with Gasteiger partial charge in [0.25, 0.3) is 5.91 Å². The van der Waals surface area contributed by atoms with Crippen molar-refractivity contribution >= 4 is 11.6 Å². The number of carbonyl (C=O) groups excluding carboxylic acids is 1. The smallest absolute Gasteiger partial charge is 0.387 e. The van der Waals surface area contributed by atoms with Crippen LogP contribution in [-0.4, -0.2) is 25.0 Å². The average molecular weight is 348 g/mol. The molecule has 0 aliphatic carbocycles. The molecule has 1 aliphatic rings. The third kappa shape index (κ3) is 4.03. The maximum atomic E-state index is 12.1. The molecule has 0 unspecified atom stereocenters. The molecule has 1 aliphatic heterocycles. The van der Waals surface area contributed by atoms with Crippen LogP contribution in [0, 0.1) is 0 Å². The molecule has 0 atom stereocenters. The third-order valence-corrected chi connectivity index (χ3v) is 3.46. The van der Waals surface area contributed by atoms with Gasteiger partial charge in [-0.15, -0.1) is 0 Å². The van der Waals surface area contributed by atoms with Crippen molar-refractivity contribution in [2.45, 2.75) is 13.5 Å². The number of rotatable bonds is 5. The number of nitrogens with zero attached hydrogens (tertiary/aromatic N) is 1. The van der Waals surface area contributed by atoms with Gasteiger partial charge < -0.3 is 14.2 Å². The maximum Gasteiger partial charge on any atom is 0.387 e. The third-order valence-electron chi connectivity index (χ3n) is 3.46. The lowest BCUT2D eigenvalue weighted by atomic mass is 10.1. The van der Waals surface area contributed by atoms with Gasteiger partial charge in [0.15, 0.2) is 11.5 Å². The SMILES string of the molecule is C/C(=N/NC(=O)c1ccc2c(c1)OCO2)c1ccc(OC(F)F)cc1. The molecule has 3 rings (SSSR count). The summed E-state index contributed by atoms with van der Waals surface area (Å²) in [4.78, 5) is 12.1. The minimum absolute atomic E-state index is 0.0518. The highest BCUT2D eigenvalue weighted by Gasteiger charge is 2.16. The Morgan fingerprint density at radius 3 is 2.52 bits per heavy atom. The van der Waals surface area contributed by atoms with Gasteiger partial charge in [0.2, 0.25) is 6.79 Å². The summed E-state index contributed by atoms with van der Waals surface area (Å²) >= 11 is 0. The van der Waals surface area contributed by atoms with Crippen molar-refractivity contribution in [2.75, 3.05) is 6.79 Å². The van der Waals surface area contributed by atoms with Crippen molar-refractivity contribution in [3.8, 4) is 17.2 Å². The quantitative estimate of drug-likeness (QED) is 0.666. The van der Waals surface area contributed by atoms with Crippen molar-refractivity contribution in [2.24, 2.45) is 5.10 Å². The molecule has 6 nitrogen and oxygen atoms in total. The molecule has 0 spiro atoms. The van der Waals surface area contributed by atoms with Crippen LogP contribution in [0.1, 0.15) is 22.8 Å². The molecule has 1 heterocycles. The van der Waals surface area contributed by atoms with Gasteiger partial charge in [-0.05, 0) is 55.0 Å². The number of carbonyl (C=O) groups is 1. The second-order valence-corrected chi connectivity index (χ2v) is 5.11. The van der Waals surface area contributed by atoms with E-state index in [0.717, 1.165) is 0 Å². The molecule has 8 heteroatoms. The molecule has 2 aromatic carbocycles. The number of ether oxygens (including phenoxy) is 3. The summed E-state index contributed by atoms with van der Waals surface area (Å²) in [6.07, 6.45) is 0. The molecule has 1 N–H and O–H groups in total. The van der Waals surface area contributed by atoms with Crippen molar-refractivity contribution in [3.63, 3.8) is 0 Å². The molecule has 0 radical (unpaired) electrons. The fourth-order valence-corrected chi connectivity index (χ4v) is 2.18. The predicted molar refractivity (Wildman–Crippen MR) is 85.3 cm³/mol. The Morgan fingerprint density at radius 2 is 1.80 bits per heavy atom. The minimum atomic E-state index is -2.87. The predicted octanol–water partition coefficient (Wildman–Crippen LogP) is 3.17. The van der Waals surface area contributed by atoms with E-state index in [9.17, 15) is 13.6 Å². The van der Waals surface area contributed by atoms with Gasteiger partial charge in [0.1, 0.15) is 5.75 Å². The molecule has 130 valence electrons. The van der Waals surface area contributed by atoms with Gasteiger partial charge in [-0.1, -0.05) is 0 Å². The Bertz CT molecular complexity index is 807. The first kappa shape index (κ1) is 16.7. The molecular weight excluding hydrogens is 334 g/mol. The summed E-state index contributed by atoms with van der Waals surface area (Å²) in [5.74, 6) is 0.733. The van der Waals surface area contributed by atoms with Gasteiger partial charge in [0, 0.05) is 5.56 Å². The minimum Gasteiger partial charge on any atom is -0.454 e. The standard InChI is InChI=1S/C17H14F2N2O4/c1-10(11-2-5-13(6-3-11)25-17(18)19)20-21-16(22)12-4-7-14-15(8-12)24-9-23-14/h2-8,17H,9H2,1H3,(H,21,22)/b20-10-. The highest BCUT2D eigenvalue weighted by molar-refractivity contribution is 6.01. The zero-order valence-corrected chi connectivity index (χ0v) is 13.2. The zero-order valence-electron chi connectivity index (χ0n) is 13.2. The molecule has 2 aromatic rings. The van der Waals surface area contributed by atoms with Crippen LogP contribution in [-0.2, 0) is 0 Å². The summed E-state index contributed by atoms with van der Waals surface area (Å²) in [5, 5.41) is 4.01. The lowest BCUT2D eigenvalue weighted by Gasteiger charge is -2.06. The first-order valence-electron chi connectivity index (χ1n) is 7.32. The number of halogens is 2. The second-order valence-electron chi connectivity index (χ2n) is 5.11. The van der Waals surface area contributed by atoms with Crippen LogP contribution in [0.5, 0.6) is 17.2 Å². The van der Waals surface area contributed by atoms with Crippen LogP contribution in [0.2, 0.25) is 0 Å². The molecule has 1 amide bonds. The number of nitrogens with one attached hydrogen (secondary N) is 1. The molecular formula is C17H14F2N2O4. The molecule has 0 aromatic heterocycles. The first-order chi connectivity index (χ1) is 12.0. The zero-order chi connectivity index (χ0) is 17.8. The number of benzene rings is 2. The summed E-state index contributed by atoms with van der Waals surface area (Å²) in [5.41, 5.74) is 3.98. The summed E-state index contributed by atoms with van der Waals surface area (Å²) in [6.45, 7) is -1.06. The van der Waals surface area contributed by atoms with E-state index in [-0.39, 0.29) is 12.5 Å². The lowest BCUT2D eigenvalue weighted by molar-refractivity contribution is -0.0498. The van der Waals surface area contributed by atoms with E-state index in [1.807, 2.05) is 0 Å². The Hall–Kier alpha value is -3.16. The first-order valence-corrected chi connectivity index (χ1v) is 7.32. The van der Waals surface area contributed by atoms with Crippen molar-refractivity contribution in [1.82, 2.24) is 5.43 Å². The summed E-state index contributed by atoms with van der Waals surface area (Å²) < 4.78 is 38.9. The Morgan fingerprint density at radius 1 is 1.12 bits per heavy atom. The maximum absolute atomic E-state index is 12.1. The van der Waals surface area contributed by atoms with E-state index in [2.05, 4.69) is 15.3 Å². The van der Waals surface area contributed by atoms with E-state index >= 15 is 0 Å². The average Bonchev–Trinajstić information content (AvgIpc) is 3.07. The van der Waals surface area contributed by atoms with Crippen molar-refractivity contribution in [1.29, 1.82) is 0 Å². The lowest BCUT2D eigenvalue weighted by Crippen LogP contribution is -2.19. The van der Waals surface area contributed by atoms with Gasteiger partial charge in [0.05, 0.1) is 5.71 Å². The second kappa shape index (κ2) is 7.16. The van der Waals surface area contributed by atoms with Gasteiger partial charge >= 0.3 is 6.61 Å². The fraction of sp³-hybridized carbons (Fsp3) is 0.176. The van der Waals surface area contributed by atoms with E-state index < -0.39 is 12.5 Å². The Balaban J connectivity index is 1.65. The number of hydrogen-bond acceptors (Lipinski definition) is 5. The van der Waals surface area contributed by atoms with Crippen molar-refractivity contribution in [3.05, 3.63) is 53.6 Å². The highest BCUT2D eigenvalue weighted by atomic mass is 19.3. The van der Waals surface area contributed by atoms with Crippen LogP contribution >= 0.6 is 0 Å². The normalized spacial score (nSPS) is 13.0. The van der Waals surface area contributed by atoms with Crippen molar-refractivity contribution < 1.29 is 27.8 Å². The van der Waals surface area contributed by atoms with E-state index in [4.69, 9.17) is 9.47 Å². The molecule has 0 saturated heterocycles. The van der Waals surface area contributed by atoms with Crippen LogP contribution in [0.4, 0.5) is 8.78 Å². The number of fused-ring (bicyclic) bond motifs is 1. The molecule has 0 fully saturated rings. The van der Waals surface area contributed by atoms with Crippen LogP contribution < -0.4 is 19.6 Å². The van der Waals surface area contributed by atoms with E-state index in [1.165, 1.54) is 12.1 Å². The Kier molecular flexibility index (Phi) is 4.78. The molecule has 25 heavy (non-hydrogen) atoms. The van der Waals surface area contributed by atoms with Gasteiger partial charge in [-0.3, -0.25) is 4.79 Å². The molecule has 0 saturated carbocycles. The number of hydrazone groups is 1. The van der Waals surface area contributed by atoms with Crippen LogP contribution in [0.25, 0.3) is 0 Å².